The van der Waals surface area contributed by atoms with Crippen LogP contribution in [0.4, 0.5) is 4.39 Å². The first-order valence-electron chi connectivity index (χ1n) is 4.53. The first-order valence-corrected chi connectivity index (χ1v) is 4.53. The van der Waals surface area contributed by atoms with Crippen molar-refractivity contribution < 1.29 is 19.1 Å². The quantitative estimate of drug-likeness (QED) is 0.672. The standard InChI is InChI=1S/C10H11FN2O3/c11-7-3-1-2-6(4-7)9(14)13-5-8(12)10(15)16/h1-4,8H,5,12H2,(H,13,14)(H,15,16)/t8-/m1/s1. The highest BCUT2D eigenvalue weighted by Gasteiger charge is 2.13. The fraction of sp³-hybridized carbons (Fsp3) is 0.200. The molecule has 86 valence electrons. The van der Waals surface area contributed by atoms with Crippen LogP contribution in [-0.4, -0.2) is 29.6 Å². The lowest BCUT2D eigenvalue weighted by atomic mass is 10.2. The average molecular weight is 226 g/mol. The van der Waals surface area contributed by atoms with Crippen LogP contribution in [0, 0.1) is 5.82 Å². The first-order chi connectivity index (χ1) is 7.50. The third-order valence-electron chi connectivity index (χ3n) is 1.89. The van der Waals surface area contributed by atoms with Gasteiger partial charge in [-0.05, 0) is 18.2 Å². The number of carbonyl (C=O) groups is 2. The number of aliphatic carboxylic acids is 1. The maximum atomic E-state index is 12.8. The fourth-order valence-corrected chi connectivity index (χ4v) is 1.02. The summed E-state index contributed by atoms with van der Waals surface area (Å²) in [7, 11) is 0. The molecule has 0 unspecified atom stereocenters. The van der Waals surface area contributed by atoms with Crippen LogP contribution >= 0.6 is 0 Å². The molecule has 1 rings (SSSR count). The number of rotatable bonds is 4. The summed E-state index contributed by atoms with van der Waals surface area (Å²) in [5.74, 6) is -2.30. The van der Waals surface area contributed by atoms with E-state index in [1.807, 2.05) is 0 Å². The molecule has 0 spiro atoms. The molecule has 1 amide bonds. The Morgan fingerprint density at radius 2 is 2.19 bits per heavy atom. The Kier molecular flexibility index (Phi) is 3.96. The third kappa shape index (κ3) is 3.32. The zero-order valence-electron chi connectivity index (χ0n) is 8.31. The minimum Gasteiger partial charge on any atom is -0.480 e. The van der Waals surface area contributed by atoms with Crippen molar-refractivity contribution in [2.45, 2.75) is 6.04 Å². The number of nitrogens with two attached hydrogens (primary N) is 1. The van der Waals surface area contributed by atoms with Crippen molar-refractivity contribution in [1.82, 2.24) is 5.32 Å². The molecule has 0 fully saturated rings. The van der Waals surface area contributed by atoms with Crippen LogP contribution in [-0.2, 0) is 4.79 Å². The molecule has 0 aliphatic heterocycles. The van der Waals surface area contributed by atoms with E-state index >= 15 is 0 Å². The molecular formula is C10H11FN2O3. The predicted molar refractivity (Wildman–Crippen MR) is 54.3 cm³/mol. The SMILES string of the molecule is N[C@H](CNC(=O)c1cccc(F)c1)C(=O)O. The monoisotopic (exact) mass is 226 g/mol. The van der Waals surface area contributed by atoms with Crippen molar-refractivity contribution in [3.8, 4) is 0 Å². The van der Waals surface area contributed by atoms with Gasteiger partial charge in [0.2, 0.25) is 0 Å². The first kappa shape index (κ1) is 12.1. The Balaban J connectivity index is 2.56. The number of nitrogens with one attached hydrogen (secondary N) is 1. The molecule has 0 aromatic heterocycles. The Morgan fingerprint density at radius 1 is 1.50 bits per heavy atom. The van der Waals surface area contributed by atoms with Gasteiger partial charge in [-0.2, -0.15) is 0 Å². The maximum Gasteiger partial charge on any atom is 0.322 e. The largest absolute Gasteiger partial charge is 0.480 e. The lowest BCUT2D eigenvalue weighted by Crippen LogP contribution is -2.42. The van der Waals surface area contributed by atoms with Crippen LogP contribution in [0.15, 0.2) is 24.3 Å². The second-order valence-electron chi connectivity index (χ2n) is 3.17. The Bertz CT molecular complexity index is 409. The molecule has 1 atom stereocenters. The topological polar surface area (TPSA) is 92.4 Å². The second kappa shape index (κ2) is 5.22. The second-order valence-corrected chi connectivity index (χ2v) is 3.17. The van der Waals surface area contributed by atoms with Crippen molar-refractivity contribution in [2.24, 2.45) is 5.73 Å². The van der Waals surface area contributed by atoms with Gasteiger partial charge in [-0.1, -0.05) is 6.07 Å². The Morgan fingerprint density at radius 3 is 2.75 bits per heavy atom. The minimum absolute atomic E-state index is 0.123. The van der Waals surface area contributed by atoms with Gasteiger partial charge in [-0.25, -0.2) is 4.39 Å². The van der Waals surface area contributed by atoms with Gasteiger partial charge in [-0.15, -0.1) is 0 Å². The van der Waals surface area contributed by atoms with Crippen molar-refractivity contribution in [3.05, 3.63) is 35.6 Å². The molecule has 0 saturated carbocycles. The van der Waals surface area contributed by atoms with Crippen molar-refractivity contribution in [1.29, 1.82) is 0 Å². The molecule has 0 aliphatic carbocycles. The minimum atomic E-state index is -1.21. The summed E-state index contributed by atoms with van der Waals surface area (Å²) < 4.78 is 12.8. The van der Waals surface area contributed by atoms with Gasteiger partial charge in [0.1, 0.15) is 11.9 Å². The van der Waals surface area contributed by atoms with E-state index < -0.39 is 23.7 Å². The van der Waals surface area contributed by atoms with Crippen molar-refractivity contribution in [3.63, 3.8) is 0 Å². The smallest absolute Gasteiger partial charge is 0.322 e. The molecule has 4 N–H and O–H groups in total. The fourth-order valence-electron chi connectivity index (χ4n) is 1.02. The summed E-state index contributed by atoms with van der Waals surface area (Å²) in [6, 6.07) is 3.91. The molecule has 0 bridgehead atoms. The van der Waals surface area contributed by atoms with Crippen LogP contribution < -0.4 is 11.1 Å². The molecular weight excluding hydrogens is 215 g/mol. The number of carboxylic acids is 1. The van der Waals surface area contributed by atoms with E-state index in [-0.39, 0.29) is 12.1 Å². The van der Waals surface area contributed by atoms with Crippen LogP contribution in [0.5, 0.6) is 0 Å². The zero-order valence-corrected chi connectivity index (χ0v) is 8.31. The Labute approximate surface area is 91.1 Å². The third-order valence-corrected chi connectivity index (χ3v) is 1.89. The molecule has 0 radical (unpaired) electrons. The number of hydrogen-bond donors (Lipinski definition) is 3. The highest BCUT2D eigenvalue weighted by molar-refractivity contribution is 5.94. The molecule has 1 aromatic rings. The molecule has 0 heterocycles. The Hall–Kier alpha value is -1.95. The molecule has 5 nitrogen and oxygen atoms in total. The normalized spacial score (nSPS) is 11.9. The van der Waals surface area contributed by atoms with Gasteiger partial charge >= 0.3 is 5.97 Å². The van der Waals surface area contributed by atoms with Crippen molar-refractivity contribution >= 4 is 11.9 Å². The predicted octanol–water partition coefficient (Wildman–Crippen LogP) is -0.0326. The summed E-state index contributed by atoms with van der Waals surface area (Å²) in [5.41, 5.74) is 5.31. The van der Waals surface area contributed by atoms with Gasteiger partial charge in [0.15, 0.2) is 0 Å². The van der Waals surface area contributed by atoms with Gasteiger partial charge in [0.05, 0.1) is 0 Å². The summed E-state index contributed by atoms with van der Waals surface area (Å²) in [6.45, 7) is -0.204. The summed E-state index contributed by atoms with van der Waals surface area (Å²) in [5, 5.41) is 10.8. The zero-order chi connectivity index (χ0) is 12.1. The molecule has 16 heavy (non-hydrogen) atoms. The average Bonchev–Trinajstić information content (AvgIpc) is 2.25. The van der Waals surface area contributed by atoms with E-state index in [9.17, 15) is 14.0 Å². The number of amides is 1. The van der Waals surface area contributed by atoms with Gasteiger partial charge < -0.3 is 16.2 Å². The van der Waals surface area contributed by atoms with Gasteiger partial charge in [-0.3, -0.25) is 9.59 Å². The molecule has 0 aliphatic rings. The number of carbonyl (C=O) groups excluding carboxylic acids is 1. The lowest BCUT2D eigenvalue weighted by Gasteiger charge is -2.08. The maximum absolute atomic E-state index is 12.8. The van der Waals surface area contributed by atoms with Crippen molar-refractivity contribution in [2.75, 3.05) is 6.54 Å². The number of hydrogen-bond acceptors (Lipinski definition) is 3. The van der Waals surface area contributed by atoms with Crippen LogP contribution in [0.25, 0.3) is 0 Å². The van der Waals surface area contributed by atoms with Crippen LogP contribution in [0.3, 0.4) is 0 Å². The van der Waals surface area contributed by atoms with E-state index in [1.165, 1.54) is 18.2 Å². The van der Waals surface area contributed by atoms with E-state index in [4.69, 9.17) is 10.8 Å². The van der Waals surface area contributed by atoms with E-state index in [1.54, 1.807) is 0 Å². The highest BCUT2D eigenvalue weighted by atomic mass is 19.1. The summed E-state index contributed by atoms with van der Waals surface area (Å²) in [6.07, 6.45) is 0. The number of carboxylic acid groups (broad SMARTS) is 1. The summed E-state index contributed by atoms with van der Waals surface area (Å²) in [4.78, 5) is 21.8. The molecule has 0 saturated heterocycles. The highest BCUT2D eigenvalue weighted by Crippen LogP contribution is 2.02. The number of benzene rings is 1. The lowest BCUT2D eigenvalue weighted by molar-refractivity contribution is -0.138. The molecule has 6 heteroatoms. The van der Waals surface area contributed by atoms with Gasteiger partial charge in [0.25, 0.3) is 5.91 Å². The van der Waals surface area contributed by atoms with Gasteiger partial charge in [0, 0.05) is 12.1 Å². The molecule has 1 aromatic carbocycles. The van der Waals surface area contributed by atoms with Crippen LogP contribution in [0.2, 0.25) is 0 Å². The number of halogens is 1. The van der Waals surface area contributed by atoms with E-state index in [0.29, 0.717) is 0 Å². The van der Waals surface area contributed by atoms with E-state index in [0.717, 1.165) is 6.07 Å². The van der Waals surface area contributed by atoms with Crippen LogP contribution in [0.1, 0.15) is 10.4 Å². The summed E-state index contributed by atoms with van der Waals surface area (Å²) >= 11 is 0. The van der Waals surface area contributed by atoms with E-state index in [2.05, 4.69) is 5.32 Å².